The van der Waals surface area contributed by atoms with Crippen LogP contribution >= 0.6 is 11.6 Å². The summed E-state index contributed by atoms with van der Waals surface area (Å²) >= 11 is 6.00. The fourth-order valence-corrected chi connectivity index (χ4v) is 1.56. The summed E-state index contributed by atoms with van der Waals surface area (Å²) in [6.07, 6.45) is 7.17. The van der Waals surface area contributed by atoms with Crippen molar-refractivity contribution in [2.75, 3.05) is 0 Å². The number of halogens is 1. The largest absolute Gasteiger partial charge is 0.274 e. The van der Waals surface area contributed by atoms with Gasteiger partial charge in [0, 0.05) is 18.6 Å². The molecule has 0 saturated heterocycles. The first kappa shape index (κ1) is 10.5. The van der Waals surface area contributed by atoms with Crippen LogP contribution in [0.25, 0.3) is 0 Å². The van der Waals surface area contributed by atoms with Crippen LogP contribution < -0.4 is 4.57 Å². The molecule has 0 radical (unpaired) electrons. The van der Waals surface area contributed by atoms with Crippen LogP contribution in [0.4, 0.5) is 0 Å². The van der Waals surface area contributed by atoms with Crippen LogP contribution in [0.15, 0.2) is 24.4 Å². The van der Waals surface area contributed by atoms with E-state index < -0.39 is 0 Å². The lowest BCUT2D eigenvalue weighted by Gasteiger charge is -1.97. The van der Waals surface area contributed by atoms with E-state index in [0.29, 0.717) is 0 Å². The second kappa shape index (κ2) is 5.98. The number of nitrogens with zero attached hydrogens (tertiary/aromatic N) is 1. The first-order chi connectivity index (χ1) is 6.34. The van der Waals surface area contributed by atoms with E-state index in [1.165, 1.54) is 25.7 Å². The van der Waals surface area contributed by atoms with Crippen LogP contribution in [0.2, 0.25) is 5.15 Å². The highest BCUT2D eigenvalue weighted by Gasteiger charge is 2.04. The SMILES string of the molecule is CCCCCC[n+]1ccccc1Cl. The Morgan fingerprint density at radius 3 is 2.77 bits per heavy atom. The molecule has 0 saturated carbocycles. The molecule has 1 heterocycles. The van der Waals surface area contributed by atoms with E-state index in [1.807, 2.05) is 24.4 Å². The zero-order valence-electron chi connectivity index (χ0n) is 8.17. The van der Waals surface area contributed by atoms with Crippen LogP contribution in [0.3, 0.4) is 0 Å². The molecule has 0 aliphatic carbocycles. The van der Waals surface area contributed by atoms with E-state index in [4.69, 9.17) is 11.6 Å². The highest BCUT2D eigenvalue weighted by molar-refractivity contribution is 6.28. The molecule has 0 spiro atoms. The first-order valence-corrected chi connectivity index (χ1v) is 5.36. The number of hydrogen-bond acceptors (Lipinski definition) is 0. The molecule has 1 rings (SSSR count). The van der Waals surface area contributed by atoms with Gasteiger partial charge in [-0.1, -0.05) is 19.8 Å². The Bertz CT molecular complexity index is 248. The summed E-state index contributed by atoms with van der Waals surface area (Å²) in [6, 6.07) is 5.91. The average Bonchev–Trinajstić information content (AvgIpc) is 2.15. The number of unbranched alkanes of at least 4 members (excludes halogenated alkanes) is 3. The van der Waals surface area contributed by atoms with Crippen LogP contribution in [-0.4, -0.2) is 0 Å². The Kier molecular flexibility index (Phi) is 4.84. The molecule has 0 bridgehead atoms. The second-order valence-electron chi connectivity index (χ2n) is 3.28. The number of aromatic nitrogens is 1. The van der Waals surface area contributed by atoms with Crippen molar-refractivity contribution in [2.45, 2.75) is 39.2 Å². The molecule has 1 nitrogen and oxygen atoms in total. The maximum absolute atomic E-state index is 6.00. The van der Waals surface area contributed by atoms with Crippen molar-refractivity contribution >= 4 is 11.6 Å². The van der Waals surface area contributed by atoms with Gasteiger partial charge in [-0.3, -0.25) is 0 Å². The van der Waals surface area contributed by atoms with Gasteiger partial charge in [0.15, 0.2) is 6.20 Å². The molecular weight excluding hydrogens is 182 g/mol. The van der Waals surface area contributed by atoms with Crippen molar-refractivity contribution < 1.29 is 4.57 Å². The number of hydrogen-bond donors (Lipinski definition) is 0. The molecule has 0 unspecified atom stereocenters. The summed E-state index contributed by atoms with van der Waals surface area (Å²) in [6.45, 7) is 3.27. The normalized spacial score (nSPS) is 10.3. The zero-order valence-corrected chi connectivity index (χ0v) is 8.93. The Morgan fingerprint density at radius 1 is 1.23 bits per heavy atom. The lowest BCUT2D eigenvalue weighted by atomic mass is 10.2. The van der Waals surface area contributed by atoms with Gasteiger partial charge in [-0.25, -0.2) is 0 Å². The van der Waals surface area contributed by atoms with Crippen LogP contribution in [0.5, 0.6) is 0 Å². The van der Waals surface area contributed by atoms with Gasteiger partial charge < -0.3 is 0 Å². The zero-order chi connectivity index (χ0) is 9.52. The topological polar surface area (TPSA) is 3.88 Å². The van der Waals surface area contributed by atoms with Gasteiger partial charge in [0.1, 0.15) is 6.54 Å². The molecule has 0 fully saturated rings. The summed E-state index contributed by atoms with van der Waals surface area (Å²) in [5.74, 6) is 0. The quantitative estimate of drug-likeness (QED) is 0.389. The van der Waals surface area contributed by atoms with Gasteiger partial charge in [-0.2, -0.15) is 4.57 Å². The van der Waals surface area contributed by atoms with E-state index >= 15 is 0 Å². The number of rotatable bonds is 5. The van der Waals surface area contributed by atoms with E-state index in [0.717, 1.165) is 11.7 Å². The predicted octanol–water partition coefficient (Wildman–Crippen LogP) is 3.21. The molecule has 0 aliphatic rings. The van der Waals surface area contributed by atoms with Gasteiger partial charge in [0.2, 0.25) is 0 Å². The third-order valence-electron chi connectivity index (χ3n) is 2.14. The highest BCUT2D eigenvalue weighted by atomic mass is 35.5. The molecule has 72 valence electrons. The lowest BCUT2D eigenvalue weighted by molar-refractivity contribution is -0.695. The third kappa shape index (κ3) is 3.77. The number of pyridine rings is 1. The summed E-state index contributed by atoms with van der Waals surface area (Å²) in [7, 11) is 0. The highest BCUT2D eigenvalue weighted by Crippen LogP contribution is 2.02. The smallest absolute Gasteiger partial charge is 0.189 e. The van der Waals surface area contributed by atoms with Gasteiger partial charge in [-0.05, 0) is 24.1 Å². The minimum Gasteiger partial charge on any atom is -0.189 e. The molecule has 1 aromatic heterocycles. The summed E-state index contributed by atoms with van der Waals surface area (Å²) in [5, 5.41) is 0.832. The van der Waals surface area contributed by atoms with Gasteiger partial charge >= 0.3 is 0 Å². The maximum Gasteiger partial charge on any atom is 0.274 e. The van der Waals surface area contributed by atoms with E-state index in [-0.39, 0.29) is 0 Å². The average molecular weight is 199 g/mol. The molecule has 0 aromatic carbocycles. The molecule has 1 aromatic rings. The van der Waals surface area contributed by atoms with E-state index in [2.05, 4.69) is 11.5 Å². The standard InChI is InChI=1S/C11H17ClN/c1-2-3-4-6-9-13-10-7-5-8-11(13)12/h5,7-8,10H,2-4,6,9H2,1H3/q+1. The fraction of sp³-hybridized carbons (Fsp3) is 0.545. The van der Waals surface area contributed by atoms with Crippen molar-refractivity contribution in [1.82, 2.24) is 0 Å². The van der Waals surface area contributed by atoms with E-state index in [9.17, 15) is 0 Å². The predicted molar refractivity (Wildman–Crippen MR) is 55.8 cm³/mol. The summed E-state index contributed by atoms with van der Waals surface area (Å²) < 4.78 is 2.09. The van der Waals surface area contributed by atoms with Crippen molar-refractivity contribution in [3.05, 3.63) is 29.5 Å². The molecule has 0 aliphatic heterocycles. The van der Waals surface area contributed by atoms with Gasteiger partial charge in [-0.15, -0.1) is 0 Å². The van der Waals surface area contributed by atoms with Crippen molar-refractivity contribution in [2.24, 2.45) is 0 Å². The molecule has 0 atom stereocenters. The van der Waals surface area contributed by atoms with Crippen molar-refractivity contribution in [3.8, 4) is 0 Å². The Hall–Kier alpha value is -0.560. The Labute approximate surface area is 85.4 Å². The molecule has 0 amide bonds. The van der Waals surface area contributed by atoms with E-state index in [1.54, 1.807) is 0 Å². The van der Waals surface area contributed by atoms with Crippen LogP contribution in [-0.2, 0) is 6.54 Å². The Morgan fingerprint density at radius 2 is 2.08 bits per heavy atom. The van der Waals surface area contributed by atoms with Crippen molar-refractivity contribution in [3.63, 3.8) is 0 Å². The lowest BCUT2D eigenvalue weighted by Crippen LogP contribution is -2.34. The molecule has 0 N–H and O–H groups in total. The monoisotopic (exact) mass is 198 g/mol. The van der Waals surface area contributed by atoms with Crippen molar-refractivity contribution in [1.29, 1.82) is 0 Å². The molecule has 2 heteroatoms. The maximum atomic E-state index is 6.00. The second-order valence-corrected chi connectivity index (χ2v) is 3.66. The summed E-state index contributed by atoms with van der Waals surface area (Å²) in [4.78, 5) is 0. The summed E-state index contributed by atoms with van der Waals surface area (Å²) in [5.41, 5.74) is 0. The minimum atomic E-state index is 0.832. The fourth-order valence-electron chi connectivity index (χ4n) is 1.35. The molecule has 13 heavy (non-hydrogen) atoms. The number of aryl methyl sites for hydroxylation is 1. The molecular formula is C11H17ClN+. The van der Waals surface area contributed by atoms with Crippen LogP contribution in [0, 0.1) is 0 Å². The van der Waals surface area contributed by atoms with Crippen LogP contribution in [0.1, 0.15) is 32.6 Å². The van der Waals surface area contributed by atoms with Gasteiger partial charge in [0.05, 0.1) is 0 Å². The first-order valence-electron chi connectivity index (χ1n) is 4.98. The third-order valence-corrected chi connectivity index (χ3v) is 2.48. The minimum absolute atomic E-state index is 0.832. The Balaban J connectivity index is 2.32. The van der Waals surface area contributed by atoms with Gasteiger partial charge in [0.25, 0.3) is 5.15 Å².